The second kappa shape index (κ2) is 6.29. The summed E-state index contributed by atoms with van der Waals surface area (Å²) in [6.45, 7) is 6.63. The Balaban J connectivity index is 1.96. The molecule has 3 nitrogen and oxygen atoms in total. The van der Waals surface area contributed by atoms with Gasteiger partial charge in [-0.1, -0.05) is 31.0 Å². The number of benzene rings is 1. The summed E-state index contributed by atoms with van der Waals surface area (Å²) in [6.07, 6.45) is 4.43. The van der Waals surface area contributed by atoms with Crippen molar-refractivity contribution in [3.05, 3.63) is 29.8 Å². The molecule has 1 amide bonds. The summed E-state index contributed by atoms with van der Waals surface area (Å²) >= 11 is 0. The lowest BCUT2D eigenvalue weighted by atomic mass is 10.1. The Bertz CT molecular complexity index is 456. The molecule has 3 heteroatoms. The van der Waals surface area contributed by atoms with Crippen LogP contribution in [0.5, 0.6) is 5.75 Å². The maximum atomic E-state index is 12.1. The van der Waals surface area contributed by atoms with Gasteiger partial charge in [0.2, 0.25) is 5.91 Å². The SMILES string of the molecule is CC(C)(C)Oc1ccccc1CNC(=O)C1CCCC1. The molecule has 0 heterocycles. The highest BCUT2D eigenvalue weighted by molar-refractivity contribution is 5.78. The van der Waals surface area contributed by atoms with Crippen molar-refractivity contribution in [2.45, 2.75) is 58.6 Å². The molecule has 1 saturated carbocycles. The third kappa shape index (κ3) is 4.26. The number of hydrogen-bond acceptors (Lipinski definition) is 2. The van der Waals surface area contributed by atoms with Crippen LogP contribution in [0.2, 0.25) is 0 Å². The maximum absolute atomic E-state index is 12.1. The molecule has 0 spiro atoms. The van der Waals surface area contributed by atoms with Crippen LogP contribution in [-0.2, 0) is 11.3 Å². The van der Waals surface area contributed by atoms with Crippen molar-refractivity contribution in [1.82, 2.24) is 5.32 Å². The van der Waals surface area contributed by atoms with Crippen LogP contribution in [0.1, 0.15) is 52.0 Å². The number of hydrogen-bond donors (Lipinski definition) is 1. The van der Waals surface area contributed by atoms with E-state index in [1.54, 1.807) is 0 Å². The molecule has 1 aliphatic carbocycles. The largest absolute Gasteiger partial charge is 0.488 e. The molecular formula is C17H25NO2. The molecule has 20 heavy (non-hydrogen) atoms. The minimum absolute atomic E-state index is 0.188. The number of carbonyl (C=O) groups excluding carboxylic acids is 1. The van der Waals surface area contributed by atoms with E-state index in [4.69, 9.17) is 4.74 Å². The Hall–Kier alpha value is -1.51. The Morgan fingerprint density at radius 3 is 2.55 bits per heavy atom. The van der Waals surface area contributed by atoms with Gasteiger partial charge in [0.05, 0.1) is 0 Å². The lowest BCUT2D eigenvalue weighted by Gasteiger charge is -2.23. The van der Waals surface area contributed by atoms with Gasteiger partial charge < -0.3 is 10.1 Å². The van der Waals surface area contributed by atoms with Gasteiger partial charge in [-0.05, 0) is 39.7 Å². The van der Waals surface area contributed by atoms with Gasteiger partial charge >= 0.3 is 0 Å². The normalized spacial score (nSPS) is 16.1. The number of rotatable bonds is 4. The first-order chi connectivity index (χ1) is 9.46. The molecular weight excluding hydrogens is 250 g/mol. The fourth-order valence-electron chi connectivity index (χ4n) is 2.59. The number of nitrogens with one attached hydrogen (secondary N) is 1. The highest BCUT2D eigenvalue weighted by Crippen LogP contribution is 2.26. The van der Waals surface area contributed by atoms with Gasteiger partial charge in [-0.3, -0.25) is 4.79 Å². The van der Waals surface area contributed by atoms with Crippen LogP contribution < -0.4 is 10.1 Å². The molecule has 0 aliphatic heterocycles. The number of para-hydroxylation sites is 1. The summed E-state index contributed by atoms with van der Waals surface area (Å²) in [4.78, 5) is 12.1. The van der Waals surface area contributed by atoms with Gasteiger partial charge in [0, 0.05) is 18.0 Å². The minimum atomic E-state index is -0.231. The van der Waals surface area contributed by atoms with Crippen molar-refractivity contribution in [2.24, 2.45) is 5.92 Å². The smallest absolute Gasteiger partial charge is 0.223 e. The van der Waals surface area contributed by atoms with E-state index in [2.05, 4.69) is 5.32 Å². The van der Waals surface area contributed by atoms with E-state index < -0.39 is 0 Å². The van der Waals surface area contributed by atoms with Gasteiger partial charge in [-0.15, -0.1) is 0 Å². The Labute approximate surface area is 121 Å². The van der Waals surface area contributed by atoms with Gasteiger partial charge in [0.25, 0.3) is 0 Å². The van der Waals surface area contributed by atoms with Crippen molar-refractivity contribution in [1.29, 1.82) is 0 Å². The predicted octanol–water partition coefficient (Wildman–Crippen LogP) is 3.67. The molecule has 0 unspecified atom stereocenters. The van der Waals surface area contributed by atoms with Crippen LogP contribution in [0.25, 0.3) is 0 Å². The third-order valence-corrected chi connectivity index (χ3v) is 3.57. The Kier molecular flexibility index (Phi) is 4.69. The van der Waals surface area contributed by atoms with E-state index in [0.29, 0.717) is 6.54 Å². The topological polar surface area (TPSA) is 38.3 Å². The lowest BCUT2D eigenvalue weighted by molar-refractivity contribution is -0.124. The first-order valence-electron chi connectivity index (χ1n) is 7.50. The van der Waals surface area contributed by atoms with Gasteiger partial charge in [-0.2, -0.15) is 0 Å². The number of amides is 1. The molecule has 1 aromatic rings. The van der Waals surface area contributed by atoms with Crippen LogP contribution in [0.15, 0.2) is 24.3 Å². The van der Waals surface area contributed by atoms with Crippen LogP contribution in [-0.4, -0.2) is 11.5 Å². The van der Waals surface area contributed by atoms with Gasteiger partial charge in [0.1, 0.15) is 11.4 Å². The molecule has 110 valence electrons. The van der Waals surface area contributed by atoms with Gasteiger partial charge in [0.15, 0.2) is 0 Å². The van der Waals surface area contributed by atoms with Crippen molar-refractivity contribution in [3.8, 4) is 5.75 Å². The summed E-state index contributed by atoms with van der Waals surface area (Å²) in [5.74, 6) is 1.26. The molecule has 1 aromatic carbocycles. The molecule has 1 aliphatic rings. The lowest BCUT2D eigenvalue weighted by Crippen LogP contribution is -2.29. The molecule has 0 saturated heterocycles. The first-order valence-corrected chi connectivity index (χ1v) is 7.50. The molecule has 0 aromatic heterocycles. The van der Waals surface area contributed by atoms with E-state index in [-0.39, 0.29) is 17.4 Å². The maximum Gasteiger partial charge on any atom is 0.223 e. The summed E-state index contributed by atoms with van der Waals surface area (Å²) in [6, 6.07) is 7.91. The zero-order valence-electron chi connectivity index (χ0n) is 12.7. The number of carbonyl (C=O) groups is 1. The average Bonchev–Trinajstić information content (AvgIpc) is 2.89. The molecule has 0 radical (unpaired) electrons. The zero-order valence-corrected chi connectivity index (χ0v) is 12.7. The highest BCUT2D eigenvalue weighted by atomic mass is 16.5. The number of ether oxygens (including phenoxy) is 1. The second-order valence-electron chi connectivity index (χ2n) is 6.52. The summed E-state index contributed by atoms with van der Waals surface area (Å²) in [7, 11) is 0. The van der Waals surface area contributed by atoms with Crippen LogP contribution >= 0.6 is 0 Å². The minimum Gasteiger partial charge on any atom is -0.488 e. The van der Waals surface area contributed by atoms with Gasteiger partial charge in [-0.25, -0.2) is 0 Å². The fraction of sp³-hybridized carbons (Fsp3) is 0.588. The quantitative estimate of drug-likeness (QED) is 0.910. The molecule has 2 rings (SSSR count). The van der Waals surface area contributed by atoms with E-state index in [1.165, 1.54) is 12.8 Å². The Morgan fingerprint density at radius 1 is 1.25 bits per heavy atom. The second-order valence-corrected chi connectivity index (χ2v) is 6.52. The molecule has 1 fully saturated rings. The van der Waals surface area contributed by atoms with E-state index >= 15 is 0 Å². The molecule has 1 N–H and O–H groups in total. The van der Waals surface area contributed by atoms with Crippen LogP contribution in [0.4, 0.5) is 0 Å². The summed E-state index contributed by atoms with van der Waals surface area (Å²) in [5, 5.41) is 3.05. The molecule has 0 bridgehead atoms. The van der Waals surface area contributed by atoms with Crippen LogP contribution in [0.3, 0.4) is 0 Å². The van der Waals surface area contributed by atoms with Crippen molar-refractivity contribution in [2.75, 3.05) is 0 Å². The van der Waals surface area contributed by atoms with E-state index in [9.17, 15) is 4.79 Å². The zero-order chi connectivity index (χ0) is 14.6. The first kappa shape index (κ1) is 14.9. The standard InChI is InChI=1S/C17H25NO2/c1-17(2,3)20-15-11-7-6-10-14(15)12-18-16(19)13-8-4-5-9-13/h6-7,10-11,13H,4-5,8-9,12H2,1-3H3,(H,18,19). The third-order valence-electron chi connectivity index (χ3n) is 3.57. The molecule has 0 atom stereocenters. The average molecular weight is 275 g/mol. The fourth-order valence-corrected chi connectivity index (χ4v) is 2.59. The van der Waals surface area contributed by atoms with E-state index in [0.717, 1.165) is 24.2 Å². The Morgan fingerprint density at radius 2 is 1.90 bits per heavy atom. The highest BCUT2D eigenvalue weighted by Gasteiger charge is 2.22. The van der Waals surface area contributed by atoms with Crippen LogP contribution in [0, 0.1) is 5.92 Å². The van der Waals surface area contributed by atoms with E-state index in [1.807, 2.05) is 45.0 Å². The predicted molar refractivity (Wildman–Crippen MR) is 80.6 cm³/mol. The van der Waals surface area contributed by atoms with Crippen molar-refractivity contribution in [3.63, 3.8) is 0 Å². The summed E-state index contributed by atoms with van der Waals surface area (Å²) in [5.41, 5.74) is 0.805. The van der Waals surface area contributed by atoms with Crippen molar-refractivity contribution >= 4 is 5.91 Å². The summed E-state index contributed by atoms with van der Waals surface area (Å²) < 4.78 is 5.94. The monoisotopic (exact) mass is 275 g/mol. The van der Waals surface area contributed by atoms with Crippen molar-refractivity contribution < 1.29 is 9.53 Å².